The van der Waals surface area contributed by atoms with E-state index >= 15 is 0 Å². The van der Waals surface area contributed by atoms with Crippen LogP contribution in [0.5, 0.6) is 0 Å². The lowest BCUT2D eigenvalue weighted by molar-refractivity contribution is -0.117. The van der Waals surface area contributed by atoms with Crippen LogP contribution in [0.4, 0.5) is 10.8 Å². The van der Waals surface area contributed by atoms with Crippen LogP contribution < -0.4 is 10.2 Å². The second-order valence-corrected chi connectivity index (χ2v) is 8.51. The van der Waals surface area contributed by atoms with E-state index < -0.39 is 0 Å². The normalized spacial score (nSPS) is 16.4. The fourth-order valence-corrected chi connectivity index (χ4v) is 4.15. The quantitative estimate of drug-likeness (QED) is 0.587. The first-order valence-electron chi connectivity index (χ1n) is 9.43. The van der Waals surface area contributed by atoms with Crippen molar-refractivity contribution in [2.45, 2.75) is 19.3 Å². The third-order valence-corrected chi connectivity index (χ3v) is 6.04. The minimum atomic E-state index is -0.295. The molecule has 2 aromatic carbocycles. The second-order valence-electron chi connectivity index (χ2n) is 7.06. The Balaban J connectivity index is 1.38. The van der Waals surface area contributed by atoms with Gasteiger partial charge in [0.05, 0.1) is 0 Å². The largest absolute Gasteiger partial charge is 0.312 e. The molecule has 6 nitrogen and oxygen atoms in total. The number of halogens is 1. The molecule has 152 valence electrons. The number of aromatic nitrogens is 2. The molecule has 1 saturated heterocycles. The van der Waals surface area contributed by atoms with Gasteiger partial charge in [-0.05, 0) is 42.8 Å². The first kappa shape index (κ1) is 20.3. The van der Waals surface area contributed by atoms with Gasteiger partial charge in [0.15, 0.2) is 0 Å². The van der Waals surface area contributed by atoms with Gasteiger partial charge in [-0.1, -0.05) is 52.8 Å². The number of amides is 2. The van der Waals surface area contributed by atoms with Crippen LogP contribution in [-0.4, -0.2) is 28.6 Å². The van der Waals surface area contributed by atoms with E-state index in [1.807, 2.05) is 43.3 Å². The molecule has 1 N–H and O–H groups in total. The van der Waals surface area contributed by atoms with Crippen molar-refractivity contribution in [3.8, 4) is 0 Å². The summed E-state index contributed by atoms with van der Waals surface area (Å²) in [5, 5.41) is 12.8. The average molecular weight is 439 g/mol. The van der Waals surface area contributed by atoms with Crippen molar-refractivity contribution in [3.63, 3.8) is 0 Å². The molecule has 0 saturated carbocycles. The molecule has 1 aromatic heterocycles. The first-order chi connectivity index (χ1) is 14.5. The molecule has 30 heavy (non-hydrogen) atoms. The molecule has 3 aromatic rings. The minimum Gasteiger partial charge on any atom is -0.312 e. The van der Waals surface area contributed by atoms with Crippen LogP contribution in [0.3, 0.4) is 0 Å². The van der Waals surface area contributed by atoms with Crippen LogP contribution in [0, 0.1) is 6.92 Å². The molecule has 1 fully saturated rings. The number of hydrogen-bond acceptors (Lipinski definition) is 5. The van der Waals surface area contributed by atoms with Gasteiger partial charge < -0.3 is 4.90 Å². The summed E-state index contributed by atoms with van der Waals surface area (Å²) in [6.45, 7) is 2.57. The summed E-state index contributed by atoms with van der Waals surface area (Å²) in [6, 6.07) is 15.1. The number of carbonyl (C=O) groups is 2. The molecule has 4 rings (SSSR count). The number of anilines is 2. The van der Waals surface area contributed by atoms with Gasteiger partial charge in [-0.2, -0.15) is 0 Å². The van der Waals surface area contributed by atoms with Crippen LogP contribution in [0.25, 0.3) is 6.08 Å². The first-order valence-corrected chi connectivity index (χ1v) is 10.6. The number of nitrogens with one attached hydrogen (secondary N) is 1. The summed E-state index contributed by atoms with van der Waals surface area (Å²) < 4.78 is 0. The Labute approximate surface area is 183 Å². The van der Waals surface area contributed by atoms with Crippen molar-refractivity contribution < 1.29 is 9.59 Å². The summed E-state index contributed by atoms with van der Waals surface area (Å²) in [5.41, 5.74) is 2.91. The molecule has 0 spiro atoms. The standard InChI is InChI=1S/C22H19ClN4O2S/c1-14-2-9-18(10-3-14)27-13-16(12-20(27)29)21-25-26-22(30-21)24-19(28)11-6-15-4-7-17(23)8-5-15/h2-11,16H,12-13H2,1H3,(H,24,26,28)/b11-6+. The summed E-state index contributed by atoms with van der Waals surface area (Å²) in [4.78, 5) is 26.4. The van der Waals surface area contributed by atoms with Crippen molar-refractivity contribution in [3.05, 3.63) is 75.8 Å². The third-order valence-electron chi connectivity index (χ3n) is 4.79. The number of rotatable bonds is 5. The predicted molar refractivity (Wildman–Crippen MR) is 120 cm³/mol. The highest BCUT2D eigenvalue weighted by Crippen LogP contribution is 2.34. The molecule has 1 atom stereocenters. The van der Waals surface area contributed by atoms with E-state index in [1.165, 1.54) is 17.4 Å². The molecule has 1 aliphatic rings. The third kappa shape index (κ3) is 4.75. The van der Waals surface area contributed by atoms with Crippen molar-refractivity contribution in [2.24, 2.45) is 0 Å². The summed E-state index contributed by atoms with van der Waals surface area (Å²) >= 11 is 7.16. The van der Waals surface area contributed by atoms with E-state index in [9.17, 15) is 9.59 Å². The summed E-state index contributed by atoms with van der Waals surface area (Å²) in [6.07, 6.45) is 3.51. The van der Waals surface area contributed by atoms with E-state index in [0.29, 0.717) is 23.1 Å². The van der Waals surface area contributed by atoms with E-state index in [0.717, 1.165) is 21.8 Å². The van der Waals surface area contributed by atoms with E-state index in [-0.39, 0.29) is 17.7 Å². The zero-order chi connectivity index (χ0) is 21.1. The Kier molecular flexibility index (Phi) is 5.92. The predicted octanol–water partition coefficient (Wildman–Crippen LogP) is 4.67. The SMILES string of the molecule is Cc1ccc(N2CC(c3nnc(NC(=O)/C=C/c4ccc(Cl)cc4)s3)CC2=O)cc1. The van der Waals surface area contributed by atoms with Crippen molar-refractivity contribution >= 4 is 51.6 Å². The Bertz CT molecular complexity index is 1090. The molecule has 8 heteroatoms. The maximum atomic E-state index is 12.5. The highest BCUT2D eigenvalue weighted by molar-refractivity contribution is 7.15. The van der Waals surface area contributed by atoms with Gasteiger partial charge in [0.2, 0.25) is 16.9 Å². The fraction of sp³-hybridized carbons (Fsp3) is 0.182. The van der Waals surface area contributed by atoms with E-state index in [4.69, 9.17) is 11.6 Å². The van der Waals surface area contributed by atoms with E-state index in [2.05, 4.69) is 15.5 Å². The second kappa shape index (κ2) is 8.77. The highest BCUT2D eigenvalue weighted by atomic mass is 35.5. The lowest BCUT2D eigenvalue weighted by Gasteiger charge is -2.16. The number of aryl methyl sites for hydroxylation is 1. The van der Waals surface area contributed by atoms with Gasteiger partial charge in [-0.15, -0.1) is 10.2 Å². The molecule has 1 unspecified atom stereocenters. The van der Waals surface area contributed by atoms with Crippen LogP contribution in [0.1, 0.15) is 28.5 Å². The maximum absolute atomic E-state index is 12.5. The van der Waals surface area contributed by atoms with E-state index in [1.54, 1.807) is 23.1 Å². The number of carbonyl (C=O) groups excluding carboxylic acids is 2. The van der Waals surface area contributed by atoms with Crippen LogP contribution >= 0.6 is 22.9 Å². The number of benzene rings is 2. The Morgan fingerprint density at radius 3 is 2.63 bits per heavy atom. The molecule has 2 heterocycles. The van der Waals surface area contributed by atoms with Gasteiger partial charge in [-0.25, -0.2) is 0 Å². The fourth-order valence-electron chi connectivity index (χ4n) is 3.19. The molecule has 0 radical (unpaired) electrons. The highest BCUT2D eigenvalue weighted by Gasteiger charge is 2.33. The van der Waals surface area contributed by atoms with Crippen molar-refractivity contribution in [2.75, 3.05) is 16.8 Å². The van der Waals surface area contributed by atoms with Crippen LogP contribution in [-0.2, 0) is 9.59 Å². The molecule has 0 aliphatic carbocycles. The maximum Gasteiger partial charge on any atom is 0.250 e. The zero-order valence-electron chi connectivity index (χ0n) is 16.2. The Morgan fingerprint density at radius 1 is 1.17 bits per heavy atom. The van der Waals surface area contributed by atoms with Crippen LogP contribution in [0.2, 0.25) is 5.02 Å². The Hall–Kier alpha value is -3.03. The molecule has 1 aliphatic heterocycles. The van der Waals surface area contributed by atoms with Gasteiger partial charge in [0.25, 0.3) is 0 Å². The Morgan fingerprint density at radius 2 is 1.90 bits per heavy atom. The molecule has 0 bridgehead atoms. The molecular weight excluding hydrogens is 420 g/mol. The van der Waals surface area contributed by atoms with Gasteiger partial charge in [-0.3, -0.25) is 14.9 Å². The topological polar surface area (TPSA) is 75.2 Å². The summed E-state index contributed by atoms with van der Waals surface area (Å²) in [7, 11) is 0. The monoisotopic (exact) mass is 438 g/mol. The molecule has 2 amide bonds. The summed E-state index contributed by atoms with van der Waals surface area (Å²) in [5.74, 6) is -0.265. The minimum absolute atomic E-state index is 0.0356. The number of nitrogens with zero attached hydrogens (tertiary/aromatic N) is 3. The lowest BCUT2D eigenvalue weighted by atomic mass is 10.1. The van der Waals surface area contributed by atoms with Crippen molar-refractivity contribution in [1.29, 1.82) is 0 Å². The van der Waals surface area contributed by atoms with Crippen molar-refractivity contribution in [1.82, 2.24) is 10.2 Å². The van der Waals surface area contributed by atoms with Gasteiger partial charge in [0.1, 0.15) is 5.01 Å². The van der Waals surface area contributed by atoms with Gasteiger partial charge in [0, 0.05) is 35.7 Å². The van der Waals surface area contributed by atoms with Crippen LogP contribution in [0.15, 0.2) is 54.6 Å². The smallest absolute Gasteiger partial charge is 0.250 e. The zero-order valence-corrected chi connectivity index (χ0v) is 17.8. The lowest BCUT2D eigenvalue weighted by Crippen LogP contribution is -2.24. The molecular formula is C22H19ClN4O2S. The average Bonchev–Trinajstić information content (AvgIpc) is 3.35. The van der Waals surface area contributed by atoms with Gasteiger partial charge >= 0.3 is 0 Å². The number of hydrogen-bond donors (Lipinski definition) is 1.